The van der Waals surface area contributed by atoms with Gasteiger partial charge in [0.05, 0.1) is 0 Å². The van der Waals surface area contributed by atoms with Crippen LogP contribution in [0.2, 0.25) is 0 Å². The Balaban J connectivity index is 4.42. The molecule has 0 heterocycles. The lowest BCUT2D eigenvalue weighted by molar-refractivity contribution is -0.167. The maximum Gasteiger partial charge on any atom is 0.306 e. The quantitative estimate of drug-likeness (QED) is 0.0200. The largest absolute Gasteiger partial charge is 0.462 e. The van der Waals surface area contributed by atoms with E-state index < -0.39 is 6.10 Å². The molecule has 1 atom stereocenters. The fourth-order valence-corrected chi connectivity index (χ4v) is 6.81. The van der Waals surface area contributed by atoms with Gasteiger partial charge in [0.15, 0.2) is 6.10 Å². The third kappa shape index (κ3) is 45.9. The van der Waals surface area contributed by atoms with Gasteiger partial charge in [0, 0.05) is 19.3 Å². The summed E-state index contributed by atoms with van der Waals surface area (Å²) in [5.41, 5.74) is 0. The Morgan fingerprint density at radius 1 is 0.367 bits per heavy atom. The van der Waals surface area contributed by atoms with Gasteiger partial charge in [-0.3, -0.25) is 14.4 Å². The van der Waals surface area contributed by atoms with Crippen molar-refractivity contribution < 1.29 is 28.6 Å². The summed E-state index contributed by atoms with van der Waals surface area (Å²) in [5.74, 6) is -0.942. The maximum atomic E-state index is 12.8. The van der Waals surface area contributed by atoms with Crippen molar-refractivity contribution >= 4 is 17.9 Å². The topological polar surface area (TPSA) is 78.9 Å². The molecule has 0 amide bonds. The first-order valence-electron chi connectivity index (χ1n) is 25.0. The average Bonchev–Trinajstić information content (AvgIpc) is 3.24. The SMILES string of the molecule is CC\C=C/C=C\C=C/CCCCCCCCCC(=O)OCC(COC(=O)CCCC/C=C\C/C=C\C/C=C\CC)OC(=O)CCCCCCCCCCCCCCCCC. The van der Waals surface area contributed by atoms with E-state index in [4.69, 9.17) is 14.2 Å². The van der Waals surface area contributed by atoms with Crippen molar-refractivity contribution in [2.75, 3.05) is 13.2 Å². The van der Waals surface area contributed by atoms with Gasteiger partial charge in [0.2, 0.25) is 0 Å². The number of hydrogen-bond acceptors (Lipinski definition) is 6. The number of rotatable bonds is 44. The zero-order valence-electron chi connectivity index (χ0n) is 39.2. The molecule has 0 aliphatic rings. The molecule has 0 saturated carbocycles. The normalized spacial score (nSPS) is 12.7. The summed E-state index contributed by atoms with van der Waals surface area (Å²) in [5, 5.41) is 0. The molecule has 6 heteroatoms. The van der Waals surface area contributed by atoms with Crippen LogP contribution in [0.5, 0.6) is 0 Å². The Morgan fingerprint density at radius 2 is 0.733 bits per heavy atom. The van der Waals surface area contributed by atoms with Gasteiger partial charge < -0.3 is 14.2 Å². The molecule has 0 aromatic carbocycles. The molecular formula is C54H92O6. The molecule has 0 aliphatic carbocycles. The summed E-state index contributed by atoms with van der Waals surface area (Å²) in [6, 6.07) is 0. The Kier molecular flexibility index (Phi) is 46.0. The van der Waals surface area contributed by atoms with Crippen molar-refractivity contribution in [1.29, 1.82) is 0 Å². The summed E-state index contributed by atoms with van der Waals surface area (Å²) >= 11 is 0. The molecule has 0 saturated heterocycles. The molecular weight excluding hydrogens is 745 g/mol. The van der Waals surface area contributed by atoms with Gasteiger partial charge in [-0.1, -0.05) is 216 Å². The zero-order valence-corrected chi connectivity index (χ0v) is 39.2. The lowest BCUT2D eigenvalue weighted by Gasteiger charge is -2.18. The van der Waals surface area contributed by atoms with E-state index in [0.717, 1.165) is 89.9 Å². The lowest BCUT2D eigenvalue weighted by Crippen LogP contribution is -2.30. The molecule has 0 N–H and O–H groups in total. The van der Waals surface area contributed by atoms with Crippen LogP contribution in [0.15, 0.2) is 72.9 Å². The predicted octanol–water partition coefficient (Wildman–Crippen LogP) is 16.3. The molecule has 0 aliphatic heterocycles. The van der Waals surface area contributed by atoms with E-state index in [2.05, 4.69) is 93.7 Å². The molecule has 0 bridgehead atoms. The molecule has 6 nitrogen and oxygen atoms in total. The Bertz CT molecular complexity index is 1140. The standard InChI is InChI=1S/C54H92O6/c1-4-7-10-13-16-19-22-25-27-29-32-35-38-41-44-47-53(56)59-50-51(49-58-52(55)46-43-40-37-34-31-24-21-18-15-12-9-6-3)60-54(57)48-45-42-39-36-33-30-28-26-23-20-17-14-11-8-5-2/h7,9-10,12-13,16,18-19,21-22,31,34,51H,4-6,8,11,14-15,17,20,23-30,32-33,35-50H2,1-3H3/b10-7-,12-9-,16-13-,21-18-,22-19-,34-31-. The number of ether oxygens (including phenoxy) is 3. The third-order valence-electron chi connectivity index (χ3n) is 10.5. The average molecular weight is 837 g/mol. The van der Waals surface area contributed by atoms with E-state index >= 15 is 0 Å². The van der Waals surface area contributed by atoms with Crippen LogP contribution in [0.4, 0.5) is 0 Å². The molecule has 0 radical (unpaired) electrons. The van der Waals surface area contributed by atoms with Crippen LogP contribution in [-0.2, 0) is 28.6 Å². The van der Waals surface area contributed by atoms with Crippen LogP contribution in [0.1, 0.15) is 233 Å². The summed E-state index contributed by atoms with van der Waals surface area (Å²) in [6.07, 6.45) is 60.3. The van der Waals surface area contributed by atoms with Gasteiger partial charge >= 0.3 is 17.9 Å². The van der Waals surface area contributed by atoms with Gasteiger partial charge in [-0.25, -0.2) is 0 Å². The molecule has 1 unspecified atom stereocenters. The van der Waals surface area contributed by atoms with E-state index in [1.165, 1.54) is 103 Å². The second-order valence-corrected chi connectivity index (χ2v) is 16.4. The number of esters is 3. The minimum Gasteiger partial charge on any atom is -0.462 e. The van der Waals surface area contributed by atoms with Crippen LogP contribution in [-0.4, -0.2) is 37.2 Å². The first kappa shape index (κ1) is 56.9. The Morgan fingerprint density at radius 3 is 1.23 bits per heavy atom. The molecule has 0 aromatic heterocycles. The highest BCUT2D eigenvalue weighted by atomic mass is 16.6. The smallest absolute Gasteiger partial charge is 0.306 e. The van der Waals surface area contributed by atoms with Crippen molar-refractivity contribution in [3.8, 4) is 0 Å². The Labute approximate surface area is 370 Å². The van der Waals surface area contributed by atoms with Crippen LogP contribution in [0.3, 0.4) is 0 Å². The minimum atomic E-state index is -0.793. The summed E-state index contributed by atoms with van der Waals surface area (Å²) in [6.45, 7) is 6.35. The maximum absolute atomic E-state index is 12.8. The number of unbranched alkanes of at least 4 members (excludes halogenated alkanes) is 23. The number of allylic oxidation sites excluding steroid dienone is 12. The highest BCUT2D eigenvalue weighted by Crippen LogP contribution is 2.15. The van der Waals surface area contributed by atoms with E-state index in [0.29, 0.717) is 19.3 Å². The van der Waals surface area contributed by atoms with Crippen molar-refractivity contribution in [2.24, 2.45) is 0 Å². The monoisotopic (exact) mass is 837 g/mol. The molecule has 0 fully saturated rings. The summed E-state index contributed by atoms with van der Waals surface area (Å²) in [7, 11) is 0. The van der Waals surface area contributed by atoms with Gasteiger partial charge in [-0.2, -0.15) is 0 Å². The minimum absolute atomic E-state index is 0.0927. The van der Waals surface area contributed by atoms with Gasteiger partial charge in [-0.15, -0.1) is 0 Å². The third-order valence-corrected chi connectivity index (χ3v) is 10.5. The fourth-order valence-electron chi connectivity index (χ4n) is 6.81. The fraction of sp³-hybridized carbons (Fsp3) is 0.722. The molecule has 0 aromatic rings. The van der Waals surface area contributed by atoms with Gasteiger partial charge in [-0.05, 0) is 70.6 Å². The molecule has 0 rings (SSSR count). The lowest BCUT2D eigenvalue weighted by atomic mass is 10.0. The zero-order chi connectivity index (χ0) is 43.7. The van der Waals surface area contributed by atoms with Crippen molar-refractivity contribution in [2.45, 2.75) is 239 Å². The second kappa shape index (κ2) is 48.5. The Hall–Kier alpha value is -3.15. The van der Waals surface area contributed by atoms with E-state index in [1.807, 2.05) is 0 Å². The number of hydrogen-bond donors (Lipinski definition) is 0. The number of carbonyl (C=O) groups excluding carboxylic acids is 3. The van der Waals surface area contributed by atoms with Crippen LogP contribution >= 0.6 is 0 Å². The van der Waals surface area contributed by atoms with E-state index in [-0.39, 0.29) is 31.1 Å². The van der Waals surface area contributed by atoms with Crippen LogP contribution < -0.4 is 0 Å². The molecule has 60 heavy (non-hydrogen) atoms. The van der Waals surface area contributed by atoms with Crippen LogP contribution in [0, 0.1) is 0 Å². The van der Waals surface area contributed by atoms with Crippen molar-refractivity contribution in [3.63, 3.8) is 0 Å². The van der Waals surface area contributed by atoms with Gasteiger partial charge in [0.25, 0.3) is 0 Å². The van der Waals surface area contributed by atoms with Gasteiger partial charge in [0.1, 0.15) is 13.2 Å². The first-order chi connectivity index (χ1) is 29.5. The van der Waals surface area contributed by atoms with E-state index in [9.17, 15) is 14.4 Å². The van der Waals surface area contributed by atoms with Crippen molar-refractivity contribution in [1.82, 2.24) is 0 Å². The highest BCUT2D eigenvalue weighted by molar-refractivity contribution is 5.71. The highest BCUT2D eigenvalue weighted by Gasteiger charge is 2.19. The second-order valence-electron chi connectivity index (χ2n) is 16.4. The molecule has 344 valence electrons. The predicted molar refractivity (Wildman–Crippen MR) is 256 cm³/mol. The number of carbonyl (C=O) groups is 3. The molecule has 0 spiro atoms. The van der Waals surface area contributed by atoms with Crippen molar-refractivity contribution in [3.05, 3.63) is 72.9 Å². The summed E-state index contributed by atoms with van der Waals surface area (Å²) < 4.78 is 16.7. The summed E-state index contributed by atoms with van der Waals surface area (Å²) in [4.78, 5) is 37.9. The first-order valence-corrected chi connectivity index (χ1v) is 25.0. The van der Waals surface area contributed by atoms with E-state index in [1.54, 1.807) is 0 Å². The van der Waals surface area contributed by atoms with Crippen LogP contribution in [0.25, 0.3) is 0 Å².